The van der Waals surface area contributed by atoms with E-state index in [9.17, 15) is 5.11 Å². The predicted octanol–water partition coefficient (Wildman–Crippen LogP) is -0.572. The minimum absolute atomic E-state index is 0.330. The van der Waals surface area contributed by atoms with Crippen molar-refractivity contribution in [2.75, 3.05) is 6.61 Å². The second-order valence-electron chi connectivity index (χ2n) is 5.43. The van der Waals surface area contributed by atoms with Crippen LogP contribution in [0.1, 0.15) is 0 Å². The van der Waals surface area contributed by atoms with E-state index < -0.39 is 0 Å². The van der Waals surface area contributed by atoms with Crippen LogP contribution in [0.15, 0.2) is 0 Å². The van der Waals surface area contributed by atoms with Crippen molar-refractivity contribution in [1.29, 1.82) is 0 Å². The standard InChI is InChI=1S/C9H11NO/c10-9-5-2-6(9)4-7(9)3(5)8(2,4)1-11/h2-7,11H,1,10H2. The van der Waals surface area contributed by atoms with E-state index in [1.54, 1.807) is 0 Å². The zero-order valence-corrected chi connectivity index (χ0v) is 6.20. The number of hydrogen-bond donors (Lipinski definition) is 2. The van der Waals surface area contributed by atoms with Crippen molar-refractivity contribution >= 4 is 0 Å². The predicted molar refractivity (Wildman–Crippen MR) is 37.4 cm³/mol. The van der Waals surface area contributed by atoms with E-state index in [0.717, 1.165) is 35.5 Å². The lowest BCUT2D eigenvalue weighted by Gasteiger charge is -3.10. The Bertz CT molecular complexity index is 257. The van der Waals surface area contributed by atoms with Gasteiger partial charge >= 0.3 is 0 Å². The van der Waals surface area contributed by atoms with Crippen molar-refractivity contribution in [2.24, 2.45) is 46.7 Å². The van der Waals surface area contributed by atoms with Crippen LogP contribution in [-0.4, -0.2) is 17.3 Å². The normalized spacial score (nSPS) is 95.5. The topological polar surface area (TPSA) is 46.2 Å². The molecule has 0 saturated heterocycles. The Hall–Kier alpha value is -0.0800. The van der Waals surface area contributed by atoms with E-state index in [4.69, 9.17) is 5.73 Å². The Balaban J connectivity index is 1.76. The monoisotopic (exact) mass is 149 g/mol. The summed E-state index contributed by atoms with van der Waals surface area (Å²) >= 11 is 0. The highest BCUT2D eigenvalue weighted by molar-refractivity contribution is 5.58. The molecule has 6 saturated carbocycles. The summed E-state index contributed by atoms with van der Waals surface area (Å²) in [5.74, 6) is 5.27. The molecule has 0 radical (unpaired) electrons. The van der Waals surface area contributed by atoms with Crippen LogP contribution in [0.2, 0.25) is 0 Å². The van der Waals surface area contributed by atoms with Gasteiger partial charge in [-0.3, -0.25) is 0 Å². The highest BCUT2D eigenvalue weighted by Crippen LogP contribution is 3.06. The molecule has 2 nitrogen and oxygen atoms in total. The first kappa shape index (κ1) is 4.83. The van der Waals surface area contributed by atoms with Crippen molar-refractivity contribution in [3.63, 3.8) is 0 Å². The SMILES string of the molecule is NC12C3C4C1C1C2C3C41CO. The summed E-state index contributed by atoms with van der Waals surface area (Å²) in [7, 11) is 0. The summed E-state index contributed by atoms with van der Waals surface area (Å²) in [4.78, 5) is 0. The smallest absolute Gasteiger partial charge is 0.0496 e. The van der Waals surface area contributed by atoms with Crippen LogP contribution in [0.3, 0.4) is 0 Å². The van der Waals surface area contributed by atoms with Crippen molar-refractivity contribution in [2.45, 2.75) is 5.54 Å². The summed E-state index contributed by atoms with van der Waals surface area (Å²) < 4.78 is 0. The second kappa shape index (κ2) is 0.826. The van der Waals surface area contributed by atoms with Crippen LogP contribution >= 0.6 is 0 Å². The fourth-order valence-corrected chi connectivity index (χ4v) is 6.15. The fourth-order valence-electron chi connectivity index (χ4n) is 6.15. The molecule has 0 amide bonds. The van der Waals surface area contributed by atoms with Crippen molar-refractivity contribution < 1.29 is 5.11 Å². The number of hydrogen-bond acceptors (Lipinski definition) is 2. The van der Waals surface area contributed by atoms with Gasteiger partial charge in [-0.15, -0.1) is 0 Å². The quantitative estimate of drug-likeness (QED) is 0.524. The number of aliphatic hydroxyl groups excluding tert-OH is 1. The molecule has 0 unspecified atom stereocenters. The molecular weight excluding hydrogens is 138 g/mol. The highest BCUT2D eigenvalue weighted by Gasteiger charge is 3.08. The van der Waals surface area contributed by atoms with Crippen LogP contribution in [0.5, 0.6) is 0 Å². The second-order valence-corrected chi connectivity index (χ2v) is 5.43. The van der Waals surface area contributed by atoms with E-state index in [0.29, 0.717) is 17.6 Å². The van der Waals surface area contributed by atoms with Gasteiger partial charge in [0.2, 0.25) is 0 Å². The van der Waals surface area contributed by atoms with Gasteiger partial charge in [-0.2, -0.15) is 0 Å². The molecular formula is C9H11NO. The molecule has 0 atom stereocenters. The fraction of sp³-hybridized carbons (Fsp3) is 1.00. The molecule has 0 aromatic carbocycles. The summed E-state index contributed by atoms with van der Waals surface area (Å²) in [6.07, 6.45) is 0. The number of rotatable bonds is 1. The van der Waals surface area contributed by atoms with Crippen LogP contribution in [0, 0.1) is 40.9 Å². The van der Waals surface area contributed by atoms with E-state index >= 15 is 0 Å². The molecule has 2 heteroatoms. The molecule has 0 spiro atoms. The van der Waals surface area contributed by atoms with Crippen LogP contribution < -0.4 is 5.73 Å². The van der Waals surface area contributed by atoms with E-state index in [-0.39, 0.29) is 0 Å². The zero-order chi connectivity index (χ0) is 7.17. The molecule has 6 fully saturated rings. The number of nitrogens with two attached hydrogens (primary N) is 1. The van der Waals surface area contributed by atoms with E-state index in [1.807, 2.05) is 0 Å². The molecule has 11 heavy (non-hydrogen) atoms. The molecule has 0 aromatic heterocycles. The average molecular weight is 149 g/mol. The minimum Gasteiger partial charge on any atom is -0.396 e. The minimum atomic E-state index is 0.330. The largest absolute Gasteiger partial charge is 0.396 e. The van der Waals surface area contributed by atoms with Gasteiger partial charge in [0.15, 0.2) is 0 Å². The van der Waals surface area contributed by atoms with Gasteiger partial charge in [0.05, 0.1) is 0 Å². The Kier molecular flexibility index (Phi) is 0.362. The Morgan fingerprint density at radius 1 is 1.00 bits per heavy atom. The van der Waals surface area contributed by atoms with Gasteiger partial charge in [-0.05, 0) is 35.5 Å². The number of aliphatic hydroxyl groups is 1. The first-order chi connectivity index (χ1) is 5.29. The van der Waals surface area contributed by atoms with Gasteiger partial charge in [0, 0.05) is 17.6 Å². The van der Waals surface area contributed by atoms with Crippen LogP contribution in [0.4, 0.5) is 0 Å². The van der Waals surface area contributed by atoms with E-state index in [2.05, 4.69) is 0 Å². The molecule has 6 aliphatic carbocycles. The molecule has 6 aliphatic rings. The molecule has 0 heterocycles. The lowest BCUT2D eigenvalue weighted by atomic mass is 8.94. The molecule has 0 aromatic rings. The summed E-state index contributed by atoms with van der Waals surface area (Å²) in [5, 5.41) is 9.26. The van der Waals surface area contributed by atoms with Gasteiger partial charge in [0.1, 0.15) is 0 Å². The molecule has 58 valence electrons. The Labute approximate surface area is 64.8 Å². The summed E-state index contributed by atoms with van der Waals surface area (Å²) in [5.41, 5.74) is 7.00. The first-order valence-electron chi connectivity index (χ1n) is 4.69. The van der Waals surface area contributed by atoms with Crippen molar-refractivity contribution in [3.8, 4) is 0 Å². The maximum atomic E-state index is 9.26. The maximum absolute atomic E-state index is 9.26. The summed E-state index contributed by atoms with van der Waals surface area (Å²) in [6.45, 7) is 0.465. The molecule has 6 rings (SSSR count). The van der Waals surface area contributed by atoms with Crippen molar-refractivity contribution in [1.82, 2.24) is 0 Å². The van der Waals surface area contributed by atoms with Crippen LogP contribution in [0.25, 0.3) is 0 Å². The third-order valence-electron chi connectivity index (χ3n) is 6.19. The van der Waals surface area contributed by atoms with E-state index in [1.165, 1.54) is 0 Å². The molecule has 0 aliphatic heterocycles. The molecule has 0 bridgehead atoms. The molecule has 3 N–H and O–H groups in total. The summed E-state index contributed by atoms with van der Waals surface area (Å²) in [6, 6.07) is 0. The third kappa shape index (κ3) is 0.157. The third-order valence-corrected chi connectivity index (χ3v) is 6.19. The zero-order valence-electron chi connectivity index (χ0n) is 6.20. The highest BCUT2D eigenvalue weighted by atomic mass is 16.3. The van der Waals surface area contributed by atoms with Gasteiger partial charge in [-0.25, -0.2) is 0 Å². The van der Waals surface area contributed by atoms with Gasteiger partial charge in [0.25, 0.3) is 0 Å². The van der Waals surface area contributed by atoms with Crippen LogP contribution in [-0.2, 0) is 0 Å². The van der Waals surface area contributed by atoms with Crippen molar-refractivity contribution in [3.05, 3.63) is 0 Å². The maximum Gasteiger partial charge on any atom is 0.0496 e. The average Bonchev–Trinajstić information content (AvgIpc) is 2.06. The Morgan fingerprint density at radius 3 is 1.82 bits per heavy atom. The lowest BCUT2D eigenvalue weighted by Crippen LogP contribution is -3.15. The van der Waals surface area contributed by atoms with Gasteiger partial charge < -0.3 is 10.8 Å². The lowest BCUT2D eigenvalue weighted by molar-refractivity contribution is -0.623. The Morgan fingerprint density at radius 2 is 1.45 bits per heavy atom. The van der Waals surface area contributed by atoms with Gasteiger partial charge in [-0.1, -0.05) is 0 Å². The first-order valence-corrected chi connectivity index (χ1v) is 4.69.